The lowest BCUT2D eigenvalue weighted by Gasteiger charge is -2.35. The van der Waals surface area contributed by atoms with Gasteiger partial charge >= 0.3 is 0 Å². The third-order valence-corrected chi connectivity index (χ3v) is 3.43. The first-order valence-electron chi connectivity index (χ1n) is 5.49. The summed E-state index contributed by atoms with van der Waals surface area (Å²) in [5, 5.41) is 0. The van der Waals surface area contributed by atoms with Gasteiger partial charge in [0.1, 0.15) is 0 Å². The molecule has 2 unspecified atom stereocenters. The van der Waals surface area contributed by atoms with Crippen LogP contribution in [0.25, 0.3) is 0 Å². The monoisotopic (exact) mass is 169 g/mol. The molecular formula is C11H23N. The highest BCUT2D eigenvalue weighted by molar-refractivity contribution is 4.74. The zero-order valence-electron chi connectivity index (χ0n) is 8.84. The van der Waals surface area contributed by atoms with Crippen molar-refractivity contribution < 1.29 is 0 Å². The molecule has 2 atom stereocenters. The lowest BCUT2D eigenvalue weighted by atomic mass is 9.97. The van der Waals surface area contributed by atoms with E-state index in [-0.39, 0.29) is 0 Å². The molecule has 0 N–H and O–H groups in total. The summed E-state index contributed by atoms with van der Waals surface area (Å²) in [6, 6.07) is 0.801. The molecule has 0 aromatic carbocycles. The van der Waals surface area contributed by atoms with Gasteiger partial charge in [0.25, 0.3) is 0 Å². The molecule has 1 rings (SSSR count). The fourth-order valence-corrected chi connectivity index (χ4v) is 2.03. The Kier molecular flexibility index (Phi) is 4.07. The van der Waals surface area contributed by atoms with E-state index < -0.39 is 0 Å². The average Bonchev–Trinajstić information content (AvgIpc) is 2.17. The first kappa shape index (κ1) is 10.0. The maximum Gasteiger partial charge on any atom is 0.00924 e. The molecule has 1 heteroatoms. The molecule has 0 aliphatic carbocycles. The molecule has 1 nitrogen and oxygen atoms in total. The van der Waals surface area contributed by atoms with Crippen LogP contribution < -0.4 is 0 Å². The Hall–Kier alpha value is -0.0400. The fourth-order valence-electron chi connectivity index (χ4n) is 2.03. The quantitative estimate of drug-likeness (QED) is 0.628. The molecule has 0 saturated carbocycles. The predicted octanol–water partition coefficient (Wildman–Crippen LogP) is 2.91. The molecule has 1 aliphatic heterocycles. The maximum atomic E-state index is 2.66. The number of rotatable bonds is 3. The minimum atomic E-state index is 0.801. The van der Waals surface area contributed by atoms with Crippen LogP contribution in [0.15, 0.2) is 0 Å². The van der Waals surface area contributed by atoms with Gasteiger partial charge in [-0.1, -0.05) is 26.7 Å². The Bertz CT molecular complexity index is 116. The van der Waals surface area contributed by atoms with Gasteiger partial charge in [-0.05, 0) is 38.8 Å². The molecule has 0 radical (unpaired) electrons. The Labute approximate surface area is 77.1 Å². The van der Waals surface area contributed by atoms with E-state index in [9.17, 15) is 0 Å². The van der Waals surface area contributed by atoms with Crippen LogP contribution in [-0.4, -0.2) is 24.0 Å². The number of hydrogen-bond donors (Lipinski definition) is 0. The highest BCUT2D eigenvalue weighted by Gasteiger charge is 2.20. The van der Waals surface area contributed by atoms with E-state index in [2.05, 4.69) is 25.7 Å². The minimum absolute atomic E-state index is 0.801. The summed E-state index contributed by atoms with van der Waals surface area (Å²) in [4.78, 5) is 2.66. The van der Waals surface area contributed by atoms with Crippen LogP contribution in [0.2, 0.25) is 0 Å². The van der Waals surface area contributed by atoms with Crippen molar-refractivity contribution in [2.45, 2.75) is 52.5 Å². The summed E-state index contributed by atoms with van der Waals surface area (Å²) in [6.45, 7) is 9.74. The van der Waals surface area contributed by atoms with Gasteiger partial charge in [0.2, 0.25) is 0 Å². The molecule has 0 amide bonds. The molecule has 1 fully saturated rings. The van der Waals surface area contributed by atoms with Crippen LogP contribution in [-0.2, 0) is 0 Å². The van der Waals surface area contributed by atoms with Gasteiger partial charge in [0, 0.05) is 6.04 Å². The summed E-state index contributed by atoms with van der Waals surface area (Å²) >= 11 is 0. The summed E-state index contributed by atoms with van der Waals surface area (Å²) in [7, 11) is 0. The molecule has 1 aliphatic rings. The van der Waals surface area contributed by atoms with E-state index in [0.717, 1.165) is 12.0 Å². The highest BCUT2D eigenvalue weighted by Crippen LogP contribution is 2.18. The van der Waals surface area contributed by atoms with Gasteiger partial charge in [0.05, 0.1) is 0 Å². The van der Waals surface area contributed by atoms with E-state index in [1.807, 2.05) is 0 Å². The SMILES string of the molecule is CCC(C)C(C)N1CCCCC1. The normalized spacial score (nSPS) is 25.2. The Morgan fingerprint density at radius 1 is 1.08 bits per heavy atom. The van der Waals surface area contributed by atoms with Gasteiger partial charge in [0.15, 0.2) is 0 Å². The fraction of sp³-hybridized carbons (Fsp3) is 1.00. The van der Waals surface area contributed by atoms with Gasteiger partial charge in [-0.25, -0.2) is 0 Å². The Morgan fingerprint density at radius 2 is 1.67 bits per heavy atom. The second kappa shape index (κ2) is 4.86. The van der Waals surface area contributed by atoms with Crippen molar-refractivity contribution in [1.29, 1.82) is 0 Å². The van der Waals surface area contributed by atoms with Crippen LogP contribution in [0, 0.1) is 5.92 Å². The maximum absolute atomic E-state index is 2.66. The largest absolute Gasteiger partial charge is 0.300 e. The lowest BCUT2D eigenvalue weighted by Crippen LogP contribution is -2.40. The first-order valence-corrected chi connectivity index (χ1v) is 5.49. The van der Waals surface area contributed by atoms with Crippen LogP contribution in [0.3, 0.4) is 0 Å². The second-order valence-corrected chi connectivity index (χ2v) is 4.22. The van der Waals surface area contributed by atoms with Crippen molar-refractivity contribution in [3.8, 4) is 0 Å². The van der Waals surface area contributed by atoms with Crippen molar-refractivity contribution in [1.82, 2.24) is 4.90 Å². The van der Waals surface area contributed by atoms with Crippen LogP contribution >= 0.6 is 0 Å². The zero-order chi connectivity index (χ0) is 8.97. The molecular weight excluding hydrogens is 146 g/mol. The van der Waals surface area contributed by atoms with E-state index in [1.165, 1.54) is 38.8 Å². The summed E-state index contributed by atoms with van der Waals surface area (Å²) in [6.07, 6.45) is 5.60. The topological polar surface area (TPSA) is 3.24 Å². The highest BCUT2D eigenvalue weighted by atomic mass is 15.2. The average molecular weight is 169 g/mol. The molecule has 0 aromatic heterocycles. The summed E-state index contributed by atoms with van der Waals surface area (Å²) in [5.74, 6) is 0.864. The zero-order valence-corrected chi connectivity index (χ0v) is 8.84. The molecule has 1 saturated heterocycles. The van der Waals surface area contributed by atoms with Crippen molar-refractivity contribution in [2.75, 3.05) is 13.1 Å². The van der Waals surface area contributed by atoms with E-state index in [4.69, 9.17) is 0 Å². The predicted molar refractivity (Wildman–Crippen MR) is 54.3 cm³/mol. The van der Waals surface area contributed by atoms with Crippen LogP contribution in [0.1, 0.15) is 46.5 Å². The smallest absolute Gasteiger partial charge is 0.00924 e. The Balaban J connectivity index is 2.33. The van der Waals surface area contributed by atoms with Crippen LogP contribution in [0.4, 0.5) is 0 Å². The van der Waals surface area contributed by atoms with Crippen molar-refractivity contribution in [3.63, 3.8) is 0 Å². The first-order chi connectivity index (χ1) is 5.75. The van der Waals surface area contributed by atoms with Gasteiger partial charge in [-0.15, -0.1) is 0 Å². The van der Waals surface area contributed by atoms with E-state index >= 15 is 0 Å². The third-order valence-electron chi connectivity index (χ3n) is 3.43. The standard InChI is InChI=1S/C11H23N/c1-4-10(2)11(3)12-8-6-5-7-9-12/h10-11H,4-9H2,1-3H3. The van der Waals surface area contributed by atoms with E-state index in [1.54, 1.807) is 0 Å². The van der Waals surface area contributed by atoms with Gasteiger partial charge in [-0.2, -0.15) is 0 Å². The number of likely N-dealkylation sites (tertiary alicyclic amines) is 1. The summed E-state index contributed by atoms with van der Waals surface area (Å²) in [5.41, 5.74) is 0. The second-order valence-electron chi connectivity index (χ2n) is 4.22. The van der Waals surface area contributed by atoms with Gasteiger partial charge in [-0.3, -0.25) is 0 Å². The molecule has 0 spiro atoms. The molecule has 0 aromatic rings. The third kappa shape index (κ3) is 2.48. The van der Waals surface area contributed by atoms with Gasteiger partial charge < -0.3 is 4.90 Å². The number of piperidine rings is 1. The minimum Gasteiger partial charge on any atom is -0.300 e. The lowest BCUT2D eigenvalue weighted by molar-refractivity contribution is 0.132. The van der Waals surface area contributed by atoms with Crippen LogP contribution in [0.5, 0.6) is 0 Å². The molecule has 12 heavy (non-hydrogen) atoms. The summed E-state index contributed by atoms with van der Waals surface area (Å²) < 4.78 is 0. The molecule has 72 valence electrons. The number of hydrogen-bond acceptors (Lipinski definition) is 1. The van der Waals surface area contributed by atoms with E-state index in [0.29, 0.717) is 0 Å². The molecule has 0 bridgehead atoms. The Morgan fingerprint density at radius 3 is 2.17 bits per heavy atom. The molecule has 1 heterocycles. The van der Waals surface area contributed by atoms with Crippen molar-refractivity contribution >= 4 is 0 Å². The van der Waals surface area contributed by atoms with Crippen molar-refractivity contribution in [3.05, 3.63) is 0 Å². The number of nitrogens with zero attached hydrogens (tertiary/aromatic N) is 1. The van der Waals surface area contributed by atoms with Crippen molar-refractivity contribution in [2.24, 2.45) is 5.92 Å².